The summed E-state index contributed by atoms with van der Waals surface area (Å²) in [5.41, 5.74) is -0.543. The minimum atomic E-state index is -0.963. The van der Waals surface area contributed by atoms with Crippen LogP contribution in [0.15, 0.2) is 12.7 Å². The van der Waals surface area contributed by atoms with Crippen LogP contribution in [-0.2, 0) is 9.53 Å². The van der Waals surface area contributed by atoms with Crippen LogP contribution in [0.1, 0.15) is 13.8 Å². The lowest BCUT2D eigenvalue weighted by Gasteiger charge is -2.18. The third-order valence-corrected chi connectivity index (χ3v) is 1.06. The zero-order valence-corrected chi connectivity index (χ0v) is 6.26. The summed E-state index contributed by atoms with van der Waals surface area (Å²) in [6, 6.07) is 0. The summed E-state index contributed by atoms with van der Waals surface area (Å²) in [5, 5.41) is 8.21. The molecule has 0 unspecified atom stereocenters. The van der Waals surface area contributed by atoms with Gasteiger partial charge in [-0.25, -0.2) is 4.79 Å². The Labute approximate surface area is 60.3 Å². The van der Waals surface area contributed by atoms with Gasteiger partial charge in [-0.2, -0.15) is 0 Å². The predicted molar refractivity (Wildman–Crippen MR) is 37.9 cm³/mol. The van der Waals surface area contributed by atoms with Gasteiger partial charge in [0, 0.05) is 0 Å². The third kappa shape index (κ3) is 4.09. The molecule has 0 rings (SSSR count). The molecular weight excluding hydrogens is 132 g/mol. The van der Waals surface area contributed by atoms with E-state index < -0.39 is 11.6 Å². The Morgan fingerprint density at radius 3 is 2.60 bits per heavy atom. The first kappa shape index (κ1) is 9.17. The zero-order chi connectivity index (χ0) is 8.20. The summed E-state index contributed by atoms with van der Waals surface area (Å²) in [6.45, 7) is 6.72. The maximum atomic E-state index is 10.0. The van der Waals surface area contributed by atoms with Gasteiger partial charge in [-0.3, -0.25) is 0 Å². The molecule has 0 atom stereocenters. The fourth-order valence-electron chi connectivity index (χ4n) is 0.307. The molecule has 0 spiro atoms. The third-order valence-electron chi connectivity index (χ3n) is 1.06. The molecule has 0 heterocycles. The average molecular weight is 144 g/mol. The average Bonchev–Trinajstić information content (AvgIpc) is 1.85. The van der Waals surface area contributed by atoms with Crippen LogP contribution < -0.4 is 0 Å². The first-order valence-corrected chi connectivity index (χ1v) is 2.97. The van der Waals surface area contributed by atoms with Gasteiger partial charge in [-0.05, 0) is 13.8 Å². The van der Waals surface area contributed by atoms with Crippen LogP contribution in [0.5, 0.6) is 0 Å². The molecule has 0 amide bonds. The zero-order valence-electron chi connectivity index (χ0n) is 6.26. The molecule has 3 heteroatoms. The highest BCUT2D eigenvalue weighted by molar-refractivity contribution is 5.68. The number of aliphatic carboxylic acids is 1. The van der Waals surface area contributed by atoms with Crippen LogP contribution in [0.3, 0.4) is 0 Å². The lowest BCUT2D eigenvalue weighted by molar-refractivity contribution is -0.145. The van der Waals surface area contributed by atoms with Gasteiger partial charge >= 0.3 is 5.97 Å². The second kappa shape index (κ2) is 3.37. The first-order valence-electron chi connectivity index (χ1n) is 2.97. The SMILES string of the molecule is C=CC(C)(C)OCC(=O)O. The number of carbonyl (C=O) groups is 1. The summed E-state index contributed by atoms with van der Waals surface area (Å²) >= 11 is 0. The summed E-state index contributed by atoms with van der Waals surface area (Å²) in [6.07, 6.45) is 1.57. The molecule has 0 aromatic rings. The molecule has 0 saturated heterocycles. The van der Waals surface area contributed by atoms with E-state index in [-0.39, 0.29) is 6.61 Å². The summed E-state index contributed by atoms with van der Waals surface area (Å²) in [5.74, 6) is -0.963. The maximum Gasteiger partial charge on any atom is 0.329 e. The monoisotopic (exact) mass is 144 g/mol. The van der Waals surface area contributed by atoms with Gasteiger partial charge in [-0.1, -0.05) is 6.08 Å². The molecule has 0 saturated carbocycles. The molecule has 0 aliphatic heterocycles. The lowest BCUT2D eigenvalue weighted by atomic mass is 10.1. The molecule has 0 bridgehead atoms. The molecule has 0 aliphatic rings. The molecule has 0 aromatic carbocycles. The van der Waals surface area contributed by atoms with Crippen LogP contribution in [0.25, 0.3) is 0 Å². The Hall–Kier alpha value is -0.830. The van der Waals surface area contributed by atoms with E-state index >= 15 is 0 Å². The largest absolute Gasteiger partial charge is 0.480 e. The summed E-state index contributed by atoms with van der Waals surface area (Å²) in [7, 11) is 0. The molecule has 0 aromatic heterocycles. The van der Waals surface area contributed by atoms with Gasteiger partial charge in [-0.15, -0.1) is 6.58 Å². The van der Waals surface area contributed by atoms with Crippen LogP contribution >= 0.6 is 0 Å². The van der Waals surface area contributed by atoms with E-state index in [1.165, 1.54) is 0 Å². The Morgan fingerprint density at radius 1 is 1.80 bits per heavy atom. The standard InChI is InChI=1S/C7H12O3/c1-4-7(2,3)10-5-6(8)9/h4H,1,5H2,2-3H3,(H,8,9). The second-order valence-electron chi connectivity index (χ2n) is 2.49. The van der Waals surface area contributed by atoms with Crippen molar-refractivity contribution < 1.29 is 14.6 Å². The summed E-state index contributed by atoms with van der Waals surface area (Å²) in [4.78, 5) is 10.0. The van der Waals surface area contributed by atoms with E-state index in [1.807, 2.05) is 0 Å². The minimum absolute atomic E-state index is 0.279. The Kier molecular flexibility index (Phi) is 3.09. The van der Waals surface area contributed by atoms with Crippen molar-refractivity contribution in [1.29, 1.82) is 0 Å². The normalized spacial score (nSPS) is 11.0. The minimum Gasteiger partial charge on any atom is -0.480 e. The van der Waals surface area contributed by atoms with E-state index in [0.717, 1.165) is 0 Å². The van der Waals surface area contributed by atoms with Crippen molar-refractivity contribution in [2.75, 3.05) is 6.61 Å². The van der Waals surface area contributed by atoms with Crippen LogP contribution in [0.2, 0.25) is 0 Å². The van der Waals surface area contributed by atoms with Crippen LogP contribution in [-0.4, -0.2) is 23.3 Å². The highest BCUT2D eigenvalue weighted by Gasteiger charge is 2.13. The Balaban J connectivity index is 3.67. The smallest absolute Gasteiger partial charge is 0.329 e. The van der Waals surface area contributed by atoms with Gasteiger partial charge in [0.25, 0.3) is 0 Å². The lowest BCUT2D eigenvalue weighted by Crippen LogP contribution is -2.24. The summed E-state index contributed by atoms with van der Waals surface area (Å²) < 4.78 is 4.92. The molecule has 10 heavy (non-hydrogen) atoms. The fourth-order valence-corrected chi connectivity index (χ4v) is 0.307. The number of carboxylic acid groups (broad SMARTS) is 1. The molecule has 0 radical (unpaired) electrons. The predicted octanol–water partition coefficient (Wildman–Crippen LogP) is 1.05. The maximum absolute atomic E-state index is 10.0. The van der Waals surface area contributed by atoms with Crippen LogP contribution in [0.4, 0.5) is 0 Å². The van der Waals surface area contributed by atoms with Gasteiger partial charge in [0.1, 0.15) is 6.61 Å². The van der Waals surface area contributed by atoms with Crippen molar-refractivity contribution in [2.24, 2.45) is 0 Å². The van der Waals surface area contributed by atoms with Crippen molar-refractivity contribution in [3.05, 3.63) is 12.7 Å². The first-order chi connectivity index (χ1) is 4.48. The molecule has 58 valence electrons. The van der Waals surface area contributed by atoms with Gasteiger partial charge in [0.2, 0.25) is 0 Å². The van der Waals surface area contributed by atoms with E-state index in [4.69, 9.17) is 9.84 Å². The quantitative estimate of drug-likeness (QED) is 0.600. The topological polar surface area (TPSA) is 46.5 Å². The van der Waals surface area contributed by atoms with Gasteiger partial charge < -0.3 is 9.84 Å². The Bertz CT molecular complexity index is 138. The van der Waals surface area contributed by atoms with E-state index in [9.17, 15) is 4.79 Å². The van der Waals surface area contributed by atoms with Crippen LogP contribution in [0, 0.1) is 0 Å². The van der Waals surface area contributed by atoms with Crippen molar-refractivity contribution in [2.45, 2.75) is 19.4 Å². The molecule has 3 nitrogen and oxygen atoms in total. The number of carboxylic acids is 1. The number of rotatable bonds is 4. The van der Waals surface area contributed by atoms with Crippen molar-refractivity contribution in [3.8, 4) is 0 Å². The van der Waals surface area contributed by atoms with E-state index in [0.29, 0.717) is 0 Å². The fraction of sp³-hybridized carbons (Fsp3) is 0.571. The number of hydrogen-bond donors (Lipinski definition) is 1. The van der Waals surface area contributed by atoms with E-state index in [1.54, 1.807) is 19.9 Å². The second-order valence-corrected chi connectivity index (χ2v) is 2.49. The molecule has 0 fully saturated rings. The highest BCUT2D eigenvalue weighted by Crippen LogP contribution is 2.08. The number of hydrogen-bond acceptors (Lipinski definition) is 2. The highest BCUT2D eigenvalue weighted by atomic mass is 16.5. The number of ether oxygens (including phenoxy) is 1. The molecule has 1 N–H and O–H groups in total. The van der Waals surface area contributed by atoms with Crippen molar-refractivity contribution in [3.63, 3.8) is 0 Å². The van der Waals surface area contributed by atoms with Crippen molar-refractivity contribution in [1.82, 2.24) is 0 Å². The Morgan fingerprint density at radius 2 is 2.30 bits per heavy atom. The molecular formula is C7H12O3. The van der Waals surface area contributed by atoms with Gasteiger partial charge in [0.05, 0.1) is 5.60 Å². The molecule has 0 aliphatic carbocycles. The van der Waals surface area contributed by atoms with E-state index in [2.05, 4.69) is 6.58 Å². The van der Waals surface area contributed by atoms with Crippen molar-refractivity contribution >= 4 is 5.97 Å². The van der Waals surface area contributed by atoms with Gasteiger partial charge in [0.15, 0.2) is 0 Å².